The second-order valence-electron chi connectivity index (χ2n) is 12.7. The van der Waals surface area contributed by atoms with E-state index in [1.165, 1.54) is 24.9 Å². The average molecular weight is 695 g/mol. The quantitative estimate of drug-likeness (QED) is 0.163. The molecule has 11 nitrogen and oxygen atoms in total. The van der Waals surface area contributed by atoms with Gasteiger partial charge >= 0.3 is 6.09 Å². The number of nitrogens with one attached hydrogen (secondary N) is 3. The van der Waals surface area contributed by atoms with Gasteiger partial charge in [0, 0.05) is 16.8 Å². The van der Waals surface area contributed by atoms with Gasteiger partial charge < -0.3 is 15.4 Å². The molecule has 3 fully saturated rings. The maximum Gasteiger partial charge on any atom is 0.407 e. The third-order valence-electron chi connectivity index (χ3n) is 9.45. The summed E-state index contributed by atoms with van der Waals surface area (Å²) in [6, 6.07) is -1.28. The number of sulfone groups is 1. The van der Waals surface area contributed by atoms with Crippen molar-refractivity contribution in [2.24, 2.45) is 11.8 Å². The topological polar surface area (TPSA) is 164 Å². The summed E-state index contributed by atoms with van der Waals surface area (Å²) in [5, 5.41) is 7.83. The zero-order chi connectivity index (χ0) is 31.7. The van der Waals surface area contributed by atoms with E-state index in [0.717, 1.165) is 51.4 Å². The van der Waals surface area contributed by atoms with Crippen molar-refractivity contribution >= 4 is 56.0 Å². The van der Waals surface area contributed by atoms with E-state index in [2.05, 4.69) is 15.4 Å². The van der Waals surface area contributed by atoms with Crippen LogP contribution in [0, 0.1) is 11.8 Å². The van der Waals surface area contributed by atoms with Gasteiger partial charge in [0.1, 0.15) is 16.8 Å². The Labute approximate surface area is 272 Å². The lowest BCUT2D eigenvalue weighted by Crippen LogP contribution is -2.49. The summed E-state index contributed by atoms with van der Waals surface area (Å²) >= 11 is 5.42. The molecule has 3 aliphatic carbocycles. The summed E-state index contributed by atoms with van der Waals surface area (Å²) in [6.07, 6.45) is 11.5. The molecule has 0 saturated heterocycles. The minimum Gasteiger partial charge on any atom is -0.453 e. The van der Waals surface area contributed by atoms with Crippen LogP contribution in [0.1, 0.15) is 113 Å². The molecule has 1 aromatic rings. The lowest BCUT2D eigenvalue weighted by atomic mass is 9.82. The Morgan fingerprint density at radius 1 is 1.02 bits per heavy atom. The first-order valence-corrected chi connectivity index (χ1v) is 20.0. The second kappa shape index (κ2) is 17.0. The fraction of sp³-hybridized carbons (Fsp3) is 0.828. The van der Waals surface area contributed by atoms with E-state index < -0.39 is 44.5 Å². The number of carbonyl (C=O) groups is 2. The van der Waals surface area contributed by atoms with E-state index in [0.29, 0.717) is 55.1 Å². The van der Waals surface area contributed by atoms with Crippen LogP contribution >= 0.6 is 22.9 Å². The minimum atomic E-state index is -3.40. The molecule has 44 heavy (non-hydrogen) atoms. The second-order valence-corrected chi connectivity index (χ2v) is 17.2. The number of ether oxygens (including phenoxy) is 1. The van der Waals surface area contributed by atoms with Gasteiger partial charge in [0.25, 0.3) is 0 Å². The summed E-state index contributed by atoms with van der Waals surface area (Å²) in [6.45, 7) is 0. The largest absolute Gasteiger partial charge is 0.453 e. The van der Waals surface area contributed by atoms with Crippen molar-refractivity contribution in [3.8, 4) is 0 Å². The van der Waals surface area contributed by atoms with Crippen molar-refractivity contribution in [3.05, 3.63) is 16.1 Å². The molecule has 0 aromatic carbocycles. The Kier molecular flexibility index (Phi) is 13.7. The maximum atomic E-state index is 13.8. The third kappa shape index (κ3) is 10.9. The van der Waals surface area contributed by atoms with E-state index >= 15 is 0 Å². The SMILES string of the molecule is COC(=O)NC(CC1CCCCC1)C(=O)N[C@@H](CC1CCC(NS(=O)O)CC1)c1csc(CS(=O)(=O)C2CCC(Cl)CC2)n1. The lowest BCUT2D eigenvalue weighted by Gasteiger charge is -2.31. The highest BCUT2D eigenvalue weighted by atomic mass is 35.5. The number of rotatable bonds is 13. The lowest BCUT2D eigenvalue weighted by molar-refractivity contribution is -0.124. The van der Waals surface area contributed by atoms with Gasteiger partial charge in [-0.15, -0.1) is 22.9 Å². The maximum absolute atomic E-state index is 13.8. The number of carbonyl (C=O) groups excluding carboxylic acids is 2. The fourth-order valence-corrected chi connectivity index (χ4v) is 10.7. The smallest absolute Gasteiger partial charge is 0.407 e. The molecule has 250 valence electrons. The zero-order valence-corrected chi connectivity index (χ0v) is 28.6. The fourth-order valence-electron chi connectivity index (χ4n) is 6.93. The Balaban J connectivity index is 1.49. The molecule has 1 aromatic heterocycles. The van der Waals surface area contributed by atoms with Gasteiger partial charge in [-0.2, -0.15) is 0 Å². The van der Waals surface area contributed by atoms with Crippen molar-refractivity contribution in [2.75, 3.05) is 7.11 Å². The van der Waals surface area contributed by atoms with Crippen molar-refractivity contribution in [1.29, 1.82) is 0 Å². The first kappa shape index (κ1) is 35.5. The van der Waals surface area contributed by atoms with E-state index in [1.54, 1.807) is 0 Å². The average Bonchev–Trinajstić information content (AvgIpc) is 3.45. The van der Waals surface area contributed by atoms with Crippen LogP contribution in [0.5, 0.6) is 0 Å². The highest BCUT2D eigenvalue weighted by Gasteiger charge is 2.34. The predicted octanol–water partition coefficient (Wildman–Crippen LogP) is 5.14. The Morgan fingerprint density at radius 3 is 2.32 bits per heavy atom. The van der Waals surface area contributed by atoms with Crippen LogP contribution in [0.25, 0.3) is 0 Å². The molecule has 4 N–H and O–H groups in total. The van der Waals surface area contributed by atoms with Gasteiger partial charge in [0.05, 0.1) is 24.1 Å². The Bertz CT molecular complexity index is 1210. The van der Waals surface area contributed by atoms with Crippen LogP contribution in [0.4, 0.5) is 4.79 Å². The van der Waals surface area contributed by atoms with E-state index in [-0.39, 0.29) is 29.0 Å². The molecule has 0 aliphatic heterocycles. The number of thiazole rings is 1. The summed E-state index contributed by atoms with van der Waals surface area (Å²) in [7, 11) is -2.12. The number of hydrogen-bond acceptors (Lipinski definition) is 8. The van der Waals surface area contributed by atoms with Gasteiger partial charge in [0.15, 0.2) is 9.84 Å². The standard InChI is InChI=1S/C29H47ClN4O7S3/c1-41-29(36)33-25(16-19-5-3-2-4-6-19)28(35)32-24(15-20-7-11-22(12-8-20)34-43(37)38)26-17-42-27(31-26)18-44(39,40)23-13-9-21(30)10-14-23/h17,19-25,34H,2-16,18H2,1H3,(H,32,35)(H,33,36)(H,37,38)/t20?,21?,22?,23?,24-,25?/m0/s1. The van der Waals surface area contributed by atoms with Crippen molar-refractivity contribution in [2.45, 2.75) is 131 Å². The highest BCUT2D eigenvalue weighted by Crippen LogP contribution is 2.35. The van der Waals surface area contributed by atoms with Crippen molar-refractivity contribution in [3.63, 3.8) is 0 Å². The van der Waals surface area contributed by atoms with Crippen LogP contribution in [0.2, 0.25) is 0 Å². The van der Waals surface area contributed by atoms with Gasteiger partial charge in [-0.05, 0) is 76.0 Å². The first-order valence-electron chi connectivity index (χ1n) is 15.8. The predicted molar refractivity (Wildman–Crippen MR) is 172 cm³/mol. The van der Waals surface area contributed by atoms with Crippen molar-refractivity contribution in [1.82, 2.24) is 20.3 Å². The van der Waals surface area contributed by atoms with E-state index in [4.69, 9.17) is 21.3 Å². The van der Waals surface area contributed by atoms with Gasteiger partial charge in [0.2, 0.25) is 17.2 Å². The molecular weight excluding hydrogens is 648 g/mol. The number of alkyl carbamates (subject to hydrolysis) is 1. The highest BCUT2D eigenvalue weighted by molar-refractivity contribution is 7.91. The van der Waals surface area contributed by atoms with Gasteiger partial charge in [-0.1, -0.05) is 32.1 Å². The number of methoxy groups -OCH3 is 1. The van der Waals surface area contributed by atoms with Crippen LogP contribution in [-0.2, 0) is 36.4 Å². The Hall–Kier alpha value is -1.32. The molecule has 2 amide bonds. The van der Waals surface area contributed by atoms with E-state index in [9.17, 15) is 26.8 Å². The monoisotopic (exact) mass is 694 g/mol. The summed E-state index contributed by atoms with van der Waals surface area (Å²) in [4.78, 5) is 30.7. The number of amides is 2. The number of halogens is 1. The van der Waals surface area contributed by atoms with Crippen LogP contribution < -0.4 is 15.4 Å². The molecule has 3 aliphatic rings. The zero-order valence-electron chi connectivity index (χ0n) is 25.4. The molecule has 2 unspecified atom stereocenters. The van der Waals surface area contributed by atoms with Gasteiger partial charge in [-0.3, -0.25) is 9.35 Å². The number of hydrogen-bond donors (Lipinski definition) is 4. The van der Waals surface area contributed by atoms with Gasteiger partial charge in [-0.25, -0.2) is 27.1 Å². The van der Waals surface area contributed by atoms with Crippen molar-refractivity contribution < 1.29 is 31.5 Å². The number of aromatic nitrogens is 1. The van der Waals surface area contributed by atoms with E-state index in [1.807, 2.05) is 5.38 Å². The molecule has 3 saturated carbocycles. The molecular formula is C29H47ClN4O7S3. The van der Waals surface area contributed by atoms with Crippen LogP contribution in [0.15, 0.2) is 5.38 Å². The summed E-state index contributed by atoms with van der Waals surface area (Å²) in [5.74, 6) is 0.117. The molecule has 15 heteroatoms. The molecule has 4 rings (SSSR count). The summed E-state index contributed by atoms with van der Waals surface area (Å²) < 4.78 is 54.3. The minimum absolute atomic E-state index is 0.0320. The normalized spacial score (nSPS) is 27.2. The van der Waals surface area contributed by atoms with Crippen LogP contribution in [0.3, 0.4) is 0 Å². The number of nitrogens with zero attached hydrogens (tertiary/aromatic N) is 1. The molecule has 1 heterocycles. The third-order valence-corrected chi connectivity index (χ3v) is 13.6. The molecule has 0 radical (unpaired) electrons. The molecule has 3 atom stereocenters. The Morgan fingerprint density at radius 2 is 1.68 bits per heavy atom. The molecule has 0 bridgehead atoms. The van der Waals surface area contributed by atoms with Crippen LogP contribution in [-0.4, -0.2) is 64.0 Å². The first-order chi connectivity index (χ1) is 21.0. The number of alkyl halides is 1. The summed E-state index contributed by atoms with van der Waals surface area (Å²) in [5.41, 5.74) is 0.615. The molecule has 0 spiro atoms.